The van der Waals surface area contributed by atoms with E-state index in [1.807, 2.05) is 42.0 Å². The molecule has 0 bridgehead atoms. The normalized spacial score (nSPS) is 13.0. The molecule has 8 heteroatoms. The molecule has 0 aliphatic rings. The number of hydrogen-bond donors (Lipinski definition) is 2. The van der Waals surface area contributed by atoms with Crippen LogP contribution in [0.2, 0.25) is 0 Å². The summed E-state index contributed by atoms with van der Waals surface area (Å²) in [6, 6.07) is 7.94. The third kappa shape index (κ3) is 6.34. The molecule has 1 atom stereocenters. The standard InChI is InChI=1S/C18H28N4OS.2ClH/c1-13(2)9-18(3,12-19)21-17(23)10-22-15-8-6-5-7-14(15)20-16(22)11-24-4;;/h5-8,13H,9-12,19H2,1-4H3,(H,21,23);2*1H. The number of nitrogens with zero attached hydrogens (tertiary/aromatic N) is 2. The van der Waals surface area contributed by atoms with Crippen molar-refractivity contribution in [3.63, 3.8) is 0 Å². The second-order valence-electron chi connectivity index (χ2n) is 6.95. The molecule has 3 N–H and O–H groups in total. The molecule has 148 valence electrons. The van der Waals surface area contributed by atoms with Crippen molar-refractivity contribution < 1.29 is 4.79 Å². The van der Waals surface area contributed by atoms with E-state index in [9.17, 15) is 4.79 Å². The van der Waals surface area contributed by atoms with Crippen molar-refractivity contribution in [1.82, 2.24) is 14.9 Å². The molecule has 0 spiro atoms. The Bertz CT molecular complexity index is 708. The van der Waals surface area contributed by atoms with Gasteiger partial charge in [-0.3, -0.25) is 4.79 Å². The predicted octanol–water partition coefficient (Wildman–Crippen LogP) is 3.62. The number of nitrogens with one attached hydrogen (secondary N) is 1. The smallest absolute Gasteiger partial charge is 0.240 e. The third-order valence-corrected chi connectivity index (χ3v) is 4.61. The Kier molecular flexibility index (Phi) is 10.6. The minimum atomic E-state index is -0.374. The van der Waals surface area contributed by atoms with E-state index in [1.54, 1.807) is 11.8 Å². The number of imidazole rings is 1. The molecule has 2 aromatic rings. The van der Waals surface area contributed by atoms with Gasteiger partial charge in [0.2, 0.25) is 5.91 Å². The Morgan fingerprint density at radius 2 is 2.00 bits per heavy atom. The monoisotopic (exact) mass is 420 g/mol. The lowest BCUT2D eigenvalue weighted by Gasteiger charge is -2.31. The molecular formula is C18H30Cl2N4OS. The number of carbonyl (C=O) groups excluding carboxylic acids is 1. The van der Waals surface area contributed by atoms with E-state index in [-0.39, 0.29) is 42.8 Å². The van der Waals surface area contributed by atoms with Crippen molar-refractivity contribution in [2.75, 3.05) is 12.8 Å². The van der Waals surface area contributed by atoms with E-state index in [0.717, 1.165) is 29.0 Å². The van der Waals surface area contributed by atoms with Crippen LogP contribution in [0.25, 0.3) is 11.0 Å². The first-order valence-electron chi connectivity index (χ1n) is 8.32. The summed E-state index contributed by atoms with van der Waals surface area (Å²) in [5.74, 6) is 2.16. The first-order valence-corrected chi connectivity index (χ1v) is 9.72. The Balaban J connectivity index is 0.00000312. The Morgan fingerprint density at radius 1 is 1.35 bits per heavy atom. The van der Waals surface area contributed by atoms with Crippen molar-refractivity contribution in [3.8, 4) is 0 Å². The molecule has 0 aliphatic carbocycles. The second-order valence-corrected chi connectivity index (χ2v) is 7.81. The highest BCUT2D eigenvalue weighted by atomic mass is 35.5. The molecule has 1 heterocycles. The number of nitrogens with two attached hydrogens (primary N) is 1. The van der Waals surface area contributed by atoms with Crippen molar-refractivity contribution in [2.24, 2.45) is 11.7 Å². The molecule has 0 radical (unpaired) electrons. The van der Waals surface area contributed by atoms with E-state index in [0.29, 0.717) is 12.5 Å². The van der Waals surface area contributed by atoms with Gasteiger partial charge in [0.15, 0.2) is 0 Å². The summed E-state index contributed by atoms with van der Waals surface area (Å²) in [4.78, 5) is 17.3. The average molecular weight is 421 g/mol. The van der Waals surface area contributed by atoms with Gasteiger partial charge < -0.3 is 15.6 Å². The zero-order chi connectivity index (χ0) is 17.7. The quantitative estimate of drug-likeness (QED) is 0.683. The van der Waals surface area contributed by atoms with Gasteiger partial charge in [-0.1, -0.05) is 26.0 Å². The molecule has 5 nitrogen and oxygen atoms in total. The topological polar surface area (TPSA) is 72.9 Å². The first kappa shape index (κ1) is 25.1. The van der Waals surface area contributed by atoms with Crippen LogP contribution >= 0.6 is 36.6 Å². The number of amides is 1. The number of halogens is 2. The highest BCUT2D eigenvalue weighted by Crippen LogP contribution is 2.20. The zero-order valence-corrected chi connectivity index (χ0v) is 18.3. The number of rotatable bonds is 8. The molecule has 26 heavy (non-hydrogen) atoms. The summed E-state index contributed by atoms with van der Waals surface area (Å²) in [5.41, 5.74) is 7.46. The van der Waals surface area contributed by atoms with E-state index in [1.165, 1.54) is 0 Å². The van der Waals surface area contributed by atoms with E-state index in [4.69, 9.17) is 5.73 Å². The zero-order valence-electron chi connectivity index (χ0n) is 15.8. The van der Waals surface area contributed by atoms with Crippen molar-refractivity contribution in [2.45, 2.75) is 45.0 Å². The average Bonchev–Trinajstić information content (AvgIpc) is 2.84. The number of fused-ring (bicyclic) bond motifs is 1. The van der Waals surface area contributed by atoms with Gasteiger partial charge in [-0.2, -0.15) is 11.8 Å². The summed E-state index contributed by atoms with van der Waals surface area (Å²) in [6.07, 6.45) is 2.90. The van der Waals surface area contributed by atoms with Crippen molar-refractivity contribution in [1.29, 1.82) is 0 Å². The van der Waals surface area contributed by atoms with Gasteiger partial charge in [0.25, 0.3) is 0 Å². The second kappa shape index (κ2) is 11.0. The van der Waals surface area contributed by atoms with E-state index in [2.05, 4.69) is 24.1 Å². The molecule has 0 saturated heterocycles. The molecule has 0 saturated carbocycles. The van der Waals surface area contributed by atoms with Gasteiger partial charge in [0.05, 0.1) is 16.8 Å². The minimum Gasteiger partial charge on any atom is -0.348 e. The first-order chi connectivity index (χ1) is 11.4. The van der Waals surface area contributed by atoms with Crippen molar-refractivity contribution >= 4 is 53.5 Å². The van der Waals surface area contributed by atoms with Gasteiger partial charge in [-0.25, -0.2) is 4.98 Å². The number of benzene rings is 1. The summed E-state index contributed by atoms with van der Waals surface area (Å²) < 4.78 is 2.01. The third-order valence-electron chi connectivity index (χ3n) is 4.06. The van der Waals surface area contributed by atoms with Crippen LogP contribution < -0.4 is 11.1 Å². The Labute approximate surface area is 172 Å². The van der Waals surface area contributed by atoms with Gasteiger partial charge in [-0.05, 0) is 37.7 Å². The van der Waals surface area contributed by atoms with Crippen LogP contribution in [0.5, 0.6) is 0 Å². The molecule has 1 unspecified atom stereocenters. The van der Waals surface area contributed by atoms with Gasteiger partial charge in [0, 0.05) is 12.1 Å². The largest absolute Gasteiger partial charge is 0.348 e. The van der Waals surface area contributed by atoms with Crippen LogP contribution in [0, 0.1) is 5.92 Å². The van der Waals surface area contributed by atoms with Crippen molar-refractivity contribution in [3.05, 3.63) is 30.1 Å². The molecule has 1 aromatic carbocycles. The van der Waals surface area contributed by atoms with Crippen LogP contribution in [0.3, 0.4) is 0 Å². The van der Waals surface area contributed by atoms with Crippen LogP contribution in [0.4, 0.5) is 0 Å². The Morgan fingerprint density at radius 3 is 2.58 bits per heavy atom. The highest BCUT2D eigenvalue weighted by Gasteiger charge is 2.26. The summed E-state index contributed by atoms with van der Waals surface area (Å²) in [5, 5.41) is 3.13. The molecule has 1 amide bonds. The fourth-order valence-electron chi connectivity index (χ4n) is 3.15. The van der Waals surface area contributed by atoms with Gasteiger partial charge in [0.1, 0.15) is 12.4 Å². The van der Waals surface area contributed by atoms with Crippen LogP contribution in [0.15, 0.2) is 24.3 Å². The SMILES string of the molecule is CSCc1nc2ccccc2n1CC(=O)NC(C)(CN)CC(C)C.Cl.Cl. The lowest BCUT2D eigenvalue weighted by molar-refractivity contribution is -0.123. The van der Waals surface area contributed by atoms with Crippen LogP contribution in [-0.4, -0.2) is 33.8 Å². The number of carbonyl (C=O) groups is 1. The maximum Gasteiger partial charge on any atom is 0.240 e. The number of hydrogen-bond acceptors (Lipinski definition) is 4. The lowest BCUT2D eigenvalue weighted by atomic mass is 9.91. The van der Waals surface area contributed by atoms with Gasteiger partial charge in [-0.15, -0.1) is 24.8 Å². The summed E-state index contributed by atoms with van der Waals surface area (Å²) >= 11 is 1.70. The van der Waals surface area contributed by atoms with Gasteiger partial charge >= 0.3 is 0 Å². The fraction of sp³-hybridized carbons (Fsp3) is 0.556. The molecule has 2 rings (SSSR count). The Hall–Kier alpha value is -0.950. The van der Waals surface area contributed by atoms with E-state index >= 15 is 0 Å². The summed E-state index contributed by atoms with van der Waals surface area (Å²) in [7, 11) is 0. The number of thioether (sulfide) groups is 1. The minimum absolute atomic E-state index is 0. The molecule has 0 aliphatic heterocycles. The van der Waals surface area contributed by atoms with Crippen LogP contribution in [-0.2, 0) is 17.1 Å². The number of aromatic nitrogens is 2. The molecule has 0 fully saturated rings. The maximum absolute atomic E-state index is 12.6. The summed E-state index contributed by atoms with van der Waals surface area (Å²) in [6.45, 7) is 6.99. The molecule has 1 aromatic heterocycles. The maximum atomic E-state index is 12.6. The molecular weight excluding hydrogens is 391 g/mol. The highest BCUT2D eigenvalue weighted by molar-refractivity contribution is 7.97. The fourth-order valence-corrected chi connectivity index (χ4v) is 3.63. The van der Waals surface area contributed by atoms with E-state index < -0.39 is 0 Å². The lowest BCUT2D eigenvalue weighted by Crippen LogP contribution is -2.53. The number of para-hydroxylation sites is 2. The van der Waals surface area contributed by atoms with Crippen LogP contribution in [0.1, 0.15) is 33.0 Å². The predicted molar refractivity (Wildman–Crippen MR) is 117 cm³/mol.